The molecular weight excluding hydrogens is 278 g/mol. The van der Waals surface area contributed by atoms with Gasteiger partial charge in [0.25, 0.3) is 5.91 Å². The molecule has 1 unspecified atom stereocenters. The van der Waals surface area contributed by atoms with E-state index in [1.54, 1.807) is 0 Å². The van der Waals surface area contributed by atoms with Gasteiger partial charge in [0.15, 0.2) is 0 Å². The molecule has 3 heterocycles. The summed E-state index contributed by atoms with van der Waals surface area (Å²) in [6.45, 7) is 5.01. The maximum atomic E-state index is 12.4. The predicted octanol–water partition coefficient (Wildman–Crippen LogP) is 2.01. The van der Waals surface area contributed by atoms with Crippen molar-refractivity contribution in [1.82, 2.24) is 14.9 Å². The second-order valence-electron chi connectivity index (χ2n) is 7.27. The van der Waals surface area contributed by atoms with E-state index in [0.717, 1.165) is 57.2 Å². The van der Waals surface area contributed by atoms with E-state index in [0.29, 0.717) is 23.6 Å². The van der Waals surface area contributed by atoms with Crippen LogP contribution in [0, 0.1) is 17.8 Å². The van der Waals surface area contributed by atoms with Crippen molar-refractivity contribution in [3.8, 4) is 0 Å². The molecule has 2 aliphatic heterocycles. The zero-order valence-electron chi connectivity index (χ0n) is 13.3. The minimum Gasteiger partial charge on any atom is -0.381 e. The zero-order chi connectivity index (χ0) is 15.1. The highest BCUT2D eigenvalue weighted by molar-refractivity contribution is 5.92. The average molecular weight is 303 g/mol. The van der Waals surface area contributed by atoms with E-state index in [4.69, 9.17) is 4.74 Å². The Kier molecular flexibility index (Phi) is 3.68. The highest BCUT2D eigenvalue weighted by Gasteiger charge is 2.44. The smallest absolute Gasteiger partial charge is 0.271 e. The Morgan fingerprint density at radius 3 is 3.00 bits per heavy atom. The molecule has 1 aromatic rings. The third-order valence-corrected chi connectivity index (χ3v) is 5.49. The third kappa shape index (κ3) is 2.78. The lowest BCUT2D eigenvalue weighted by atomic mass is 9.94. The number of rotatable bonds is 3. The van der Waals surface area contributed by atoms with Crippen LogP contribution in [0.25, 0.3) is 0 Å². The fraction of sp³-hybridized carbons (Fsp3) is 0.765. The van der Waals surface area contributed by atoms with E-state index in [1.165, 1.54) is 6.42 Å². The van der Waals surface area contributed by atoms with Crippen molar-refractivity contribution in [2.45, 2.75) is 51.6 Å². The summed E-state index contributed by atoms with van der Waals surface area (Å²) in [5, 5.41) is 3.18. The van der Waals surface area contributed by atoms with Gasteiger partial charge in [0.1, 0.15) is 11.5 Å². The average Bonchev–Trinajstić information content (AvgIpc) is 3.16. The Bertz CT molecular complexity index is 562. The SMILES string of the molecule is CC1CCc2nc(C(=O)N[C@@H]3C[C@H]3C3CCOCC3)cn2C1. The summed E-state index contributed by atoms with van der Waals surface area (Å²) >= 11 is 0. The Morgan fingerprint density at radius 1 is 1.36 bits per heavy atom. The molecule has 5 heteroatoms. The molecule has 1 amide bonds. The number of amides is 1. The van der Waals surface area contributed by atoms with E-state index in [1.807, 2.05) is 6.20 Å². The number of carbonyl (C=O) groups is 1. The first-order valence-electron chi connectivity index (χ1n) is 8.65. The van der Waals surface area contributed by atoms with E-state index >= 15 is 0 Å². The summed E-state index contributed by atoms with van der Waals surface area (Å²) in [6, 6.07) is 0.355. The highest BCUT2D eigenvalue weighted by Crippen LogP contribution is 2.42. The molecule has 2 fully saturated rings. The van der Waals surface area contributed by atoms with E-state index < -0.39 is 0 Å². The number of aromatic nitrogens is 2. The Labute approximate surface area is 131 Å². The molecule has 0 bridgehead atoms. The van der Waals surface area contributed by atoms with Crippen molar-refractivity contribution in [1.29, 1.82) is 0 Å². The maximum absolute atomic E-state index is 12.4. The number of carbonyl (C=O) groups excluding carboxylic acids is 1. The van der Waals surface area contributed by atoms with Crippen molar-refractivity contribution < 1.29 is 9.53 Å². The van der Waals surface area contributed by atoms with Gasteiger partial charge in [-0.1, -0.05) is 6.92 Å². The molecule has 1 saturated heterocycles. The van der Waals surface area contributed by atoms with Gasteiger partial charge >= 0.3 is 0 Å². The van der Waals surface area contributed by atoms with Gasteiger partial charge in [-0.05, 0) is 43.4 Å². The summed E-state index contributed by atoms with van der Waals surface area (Å²) < 4.78 is 7.58. The van der Waals surface area contributed by atoms with Crippen molar-refractivity contribution in [2.75, 3.05) is 13.2 Å². The Balaban J connectivity index is 1.35. The molecule has 1 N–H and O–H groups in total. The third-order valence-electron chi connectivity index (χ3n) is 5.49. The monoisotopic (exact) mass is 303 g/mol. The maximum Gasteiger partial charge on any atom is 0.271 e. The molecule has 120 valence electrons. The first kappa shape index (κ1) is 14.2. The molecule has 4 rings (SSSR count). The highest BCUT2D eigenvalue weighted by atomic mass is 16.5. The molecule has 0 aromatic carbocycles. The largest absolute Gasteiger partial charge is 0.381 e. The summed E-state index contributed by atoms with van der Waals surface area (Å²) in [4.78, 5) is 16.9. The van der Waals surface area contributed by atoms with Gasteiger partial charge in [0, 0.05) is 38.4 Å². The van der Waals surface area contributed by atoms with Crippen molar-refractivity contribution in [3.05, 3.63) is 17.7 Å². The minimum absolute atomic E-state index is 0.00844. The molecule has 0 spiro atoms. The number of fused-ring (bicyclic) bond motifs is 1. The van der Waals surface area contributed by atoms with Gasteiger partial charge in [-0.3, -0.25) is 4.79 Å². The van der Waals surface area contributed by atoms with Gasteiger partial charge in [-0.15, -0.1) is 0 Å². The van der Waals surface area contributed by atoms with Crippen LogP contribution in [0.5, 0.6) is 0 Å². The van der Waals surface area contributed by atoms with Crippen LogP contribution in [0.4, 0.5) is 0 Å². The molecular formula is C17H25N3O2. The van der Waals surface area contributed by atoms with Gasteiger partial charge in [0.05, 0.1) is 0 Å². The van der Waals surface area contributed by atoms with Crippen LogP contribution in [0.2, 0.25) is 0 Å². The normalized spacial score (nSPS) is 31.6. The van der Waals surface area contributed by atoms with Crippen LogP contribution in [0.3, 0.4) is 0 Å². The van der Waals surface area contributed by atoms with Gasteiger partial charge in [-0.2, -0.15) is 0 Å². The van der Waals surface area contributed by atoms with Crippen LogP contribution in [-0.4, -0.2) is 34.7 Å². The second kappa shape index (κ2) is 5.69. The van der Waals surface area contributed by atoms with E-state index in [2.05, 4.69) is 21.8 Å². The van der Waals surface area contributed by atoms with Crippen molar-refractivity contribution >= 4 is 5.91 Å². The number of imidazole rings is 1. The fourth-order valence-corrected chi connectivity index (χ4v) is 4.01. The molecule has 3 aliphatic rings. The number of ether oxygens (including phenoxy) is 1. The van der Waals surface area contributed by atoms with E-state index in [9.17, 15) is 4.79 Å². The Morgan fingerprint density at radius 2 is 2.18 bits per heavy atom. The van der Waals surface area contributed by atoms with Gasteiger partial charge < -0.3 is 14.6 Å². The van der Waals surface area contributed by atoms with Crippen molar-refractivity contribution in [2.24, 2.45) is 17.8 Å². The first-order chi connectivity index (χ1) is 10.7. The van der Waals surface area contributed by atoms with Crippen LogP contribution >= 0.6 is 0 Å². The second-order valence-corrected chi connectivity index (χ2v) is 7.27. The van der Waals surface area contributed by atoms with Crippen LogP contribution < -0.4 is 5.32 Å². The molecule has 22 heavy (non-hydrogen) atoms. The first-order valence-corrected chi connectivity index (χ1v) is 8.65. The lowest BCUT2D eigenvalue weighted by molar-refractivity contribution is 0.0586. The molecule has 1 aliphatic carbocycles. The summed E-state index contributed by atoms with van der Waals surface area (Å²) in [6.07, 6.45) is 7.52. The van der Waals surface area contributed by atoms with E-state index in [-0.39, 0.29) is 5.91 Å². The van der Waals surface area contributed by atoms with Crippen LogP contribution in [-0.2, 0) is 17.7 Å². The predicted molar refractivity (Wildman–Crippen MR) is 82.6 cm³/mol. The molecule has 1 saturated carbocycles. The number of nitrogens with one attached hydrogen (secondary N) is 1. The number of hydrogen-bond donors (Lipinski definition) is 1. The minimum atomic E-state index is 0.00844. The lowest BCUT2D eigenvalue weighted by Crippen LogP contribution is -2.29. The number of aryl methyl sites for hydroxylation is 1. The molecule has 1 aromatic heterocycles. The summed E-state index contributed by atoms with van der Waals surface area (Å²) in [7, 11) is 0. The fourth-order valence-electron chi connectivity index (χ4n) is 4.01. The molecule has 0 radical (unpaired) electrons. The molecule has 5 nitrogen and oxygen atoms in total. The number of hydrogen-bond acceptors (Lipinski definition) is 3. The quantitative estimate of drug-likeness (QED) is 0.929. The van der Waals surface area contributed by atoms with Crippen molar-refractivity contribution in [3.63, 3.8) is 0 Å². The topological polar surface area (TPSA) is 56.1 Å². The standard InChI is InChI=1S/C17H25N3O2/c1-11-2-3-16-18-15(10-20(16)9-11)17(21)19-14-8-13(14)12-4-6-22-7-5-12/h10-14H,2-9H2,1H3,(H,19,21)/t11?,13-,14+/m0/s1. The van der Waals surface area contributed by atoms with Crippen LogP contribution in [0.15, 0.2) is 6.20 Å². The zero-order valence-corrected chi connectivity index (χ0v) is 13.3. The molecule has 3 atom stereocenters. The van der Waals surface area contributed by atoms with Gasteiger partial charge in [-0.25, -0.2) is 4.98 Å². The lowest BCUT2D eigenvalue weighted by Gasteiger charge is -2.22. The Hall–Kier alpha value is -1.36. The van der Waals surface area contributed by atoms with Crippen LogP contribution in [0.1, 0.15) is 48.9 Å². The van der Waals surface area contributed by atoms with Gasteiger partial charge in [0.2, 0.25) is 0 Å². The number of nitrogens with zero attached hydrogens (tertiary/aromatic N) is 2. The summed E-state index contributed by atoms with van der Waals surface area (Å²) in [5.74, 6) is 3.15. The summed E-state index contributed by atoms with van der Waals surface area (Å²) in [5.41, 5.74) is 0.599.